The summed E-state index contributed by atoms with van der Waals surface area (Å²) in [5.41, 5.74) is 17.6. The van der Waals surface area contributed by atoms with Gasteiger partial charge in [-0.25, -0.2) is 21.6 Å². The summed E-state index contributed by atoms with van der Waals surface area (Å²) in [6.07, 6.45) is 12.9. The van der Waals surface area contributed by atoms with Crippen molar-refractivity contribution in [1.29, 1.82) is 0 Å². The van der Waals surface area contributed by atoms with Crippen LogP contribution in [0.15, 0.2) is 48.8 Å². The van der Waals surface area contributed by atoms with E-state index in [4.69, 9.17) is 5.73 Å². The van der Waals surface area contributed by atoms with E-state index in [0.29, 0.717) is 11.1 Å². The van der Waals surface area contributed by atoms with E-state index in [0.717, 1.165) is 83.1 Å². The van der Waals surface area contributed by atoms with Crippen molar-refractivity contribution in [2.45, 2.75) is 100 Å². The number of nitrogens with two attached hydrogens (primary N) is 1. The largest absolute Gasteiger partial charge is 0.478 e. The maximum absolute atomic E-state index is 12.7. The number of nitrogens with one attached hydrogen (secondary N) is 5. The Balaban J connectivity index is 0.000000145. The van der Waals surface area contributed by atoms with Crippen molar-refractivity contribution >= 4 is 53.4 Å². The Hall–Kier alpha value is -5.26. The predicted molar refractivity (Wildman–Crippen MR) is 236 cm³/mol. The fourth-order valence-corrected chi connectivity index (χ4v) is 11.1. The van der Waals surface area contributed by atoms with Crippen LogP contribution in [0.3, 0.4) is 0 Å². The van der Waals surface area contributed by atoms with Crippen LogP contribution in [0.4, 0.5) is 0 Å². The molecule has 0 unspecified atom stereocenters. The van der Waals surface area contributed by atoms with Crippen LogP contribution in [0, 0.1) is 0 Å². The normalized spacial score (nSPS) is 16.7. The van der Waals surface area contributed by atoms with Crippen molar-refractivity contribution in [2.24, 2.45) is 5.73 Å². The van der Waals surface area contributed by atoms with Gasteiger partial charge in [-0.3, -0.25) is 15.0 Å². The third-order valence-electron chi connectivity index (χ3n) is 13.3. The molecule has 4 heterocycles. The van der Waals surface area contributed by atoms with Gasteiger partial charge in [-0.05, 0) is 114 Å². The number of benzene rings is 2. The van der Waals surface area contributed by atoms with Gasteiger partial charge in [0.25, 0.3) is 5.91 Å². The highest BCUT2D eigenvalue weighted by Gasteiger charge is 2.47. The minimum atomic E-state index is -3.18. The predicted octanol–water partition coefficient (Wildman–Crippen LogP) is 6.09. The van der Waals surface area contributed by atoms with E-state index in [-0.39, 0.29) is 46.6 Å². The average molecular weight is 871 g/mol. The second-order valence-electron chi connectivity index (χ2n) is 17.6. The number of carboxylic acid groups (broad SMARTS) is 1. The van der Waals surface area contributed by atoms with Crippen LogP contribution >= 0.6 is 0 Å². The smallest absolute Gasteiger partial charge is 0.335 e. The lowest BCUT2D eigenvalue weighted by Crippen LogP contribution is -2.38. The number of aromatic carboxylic acids is 1. The second kappa shape index (κ2) is 15.9. The molecular weight excluding hydrogens is 817 g/mol. The summed E-state index contributed by atoms with van der Waals surface area (Å²) < 4.78 is 45.7. The Morgan fingerprint density at radius 1 is 0.721 bits per heavy atom. The molecule has 0 bridgehead atoms. The first-order valence-corrected chi connectivity index (χ1v) is 24.4. The molecule has 324 valence electrons. The summed E-state index contributed by atoms with van der Waals surface area (Å²) >= 11 is 0. The molecule has 2 saturated carbocycles. The molecule has 0 saturated heterocycles. The molecule has 15 nitrogen and oxygen atoms in total. The zero-order valence-corrected chi connectivity index (χ0v) is 36.6. The SMILES string of the molecule is CC(C)S(=O)(=O)CCN.CC(C)S(=O)(=O)CCNC(=O)c1ccc2[nH]c3c(c2c1)C1(CCC1)Cc1cn[nH]c1-3.O=C(O)c1ccc2[nH]c3c(c2c1)C1(CCC1)Cc1cn[nH]c1-3. The number of carbonyl (C=O) groups excluding carboxylic acids is 1. The molecular formula is C44H54N8O7S2. The number of carboxylic acids is 1. The molecule has 0 atom stereocenters. The summed E-state index contributed by atoms with van der Waals surface area (Å²) in [7, 11) is -6.05. The molecule has 0 radical (unpaired) electrons. The minimum absolute atomic E-state index is 0.0517. The van der Waals surface area contributed by atoms with Gasteiger partial charge in [-0.1, -0.05) is 12.8 Å². The minimum Gasteiger partial charge on any atom is -0.478 e. The number of rotatable bonds is 9. The zero-order chi connectivity index (χ0) is 43.5. The maximum atomic E-state index is 12.7. The lowest BCUT2D eigenvalue weighted by Gasteiger charge is -2.45. The number of sulfone groups is 2. The van der Waals surface area contributed by atoms with Gasteiger partial charge < -0.3 is 26.1 Å². The molecule has 0 aliphatic heterocycles. The van der Waals surface area contributed by atoms with Gasteiger partial charge in [-0.2, -0.15) is 10.2 Å². The van der Waals surface area contributed by atoms with Gasteiger partial charge in [0.2, 0.25) is 0 Å². The van der Waals surface area contributed by atoms with Gasteiger partial charge in [0.15, 0.2) is 19.7 Å². The molecule has 1 amide bonds. The first kappa shape index (κ1) is 42.4. The molecule has 10 rings (SSSR count). The summed E-state index contributed by atoms with van der Waals surface area (Å²) in [6.45, 7) is 6.96. The monoisotopic (exact) mass is 870 g/mol. The molecule has 2 spiro atoms. The van der Waals surface area contributed by atoms with Crippen LogP contribution in [-0.2, 0) is 43.3 Å². The van der Waals surface area contributed by atoms with Crippen LogP contribution in [-0.4, -0.2) is 99.3 Å². The van der Waals surface area contributed by atoms with E-state index in [9.17, 15) is 31.5 Å². The van der Waals surface area contributed by atoms with E-state index >= 15 is 0 Å². The quantitative estimate of drug-likeness (QED) is 0.0881. The van der Waals surface area contributed by atoms with Gasteiger partial charge >= 0.3 is 5.97 Å². The lowest BCUT2D eigenvalue weighted by molar-refractivity contribution is 0.0696. The molecule has 2 aromatic carbocycles. The number of hydrogen-bond acceptors (Lipinski definition) is 9. The van der Waals surface area contributed by atoms with Crippen LogP contribution in [0.25, 0.3) is 44.6 Å². The summed E-state index contributed by atoms with van der Waals surface area (Å²) in [4.78, 5) is 31.0. The number of aromatic nitrogens is 6. The zero-order valence-electron chi connectivity index (χ0n) is 34.9. The van der Waals surface area contributed by atoms with Crippen molar-refractivity contribution in [2.75, 3.05) is 24.6 Å². The van der Waals surface area contributed by atoms with E-state index in [2.05, 4.69) is 35.7 Å². The number of nitrogens with zero attached hydrogens (tertiary/aromatic N) is 2. The van der Waals surface area contributed by atoms with E-state index in [1.165, 1.54) is 35.1 Å². The van der Waals surface area contributed by atoms with E-state index in [1.807, 2.05) is 36.7 Å². The number of amides is 1. The third kappa shape index (κ3) is 7.58. The molecule has 4 aliphatic carbocycles. The first-order valence-electron chi connectivity index (χ1n) is 21.0. The van der Waals surface area contributed by atoms with E-state index < -0.39 is 30.9 Å². The highest BCUT2D eigenvalue weighted by atomic mass is 32.2. The highest BCUT2D eigenvalue weighted by Crippen LogP contribution is 2.56. The maximum Gasteiger partial charge on any atom is 0.335 e. The Morgan fingerprint density at radius 2 is 1.18 bits per heavy atom. The lowest BCUT2D eigenvalue weighted by atomic mass is 9.58. The standard InChI is InChI=1S/C22H26N4O3S.C17H15N3O2.C5H13NO2S/c1-13(2)30(28,29)9-8-23-21(27)14-4-5-17-16(10-14)18-20(25-17)19-15(12-24-26-19)11-22(18)6-3-7-22;21-16(22)9-2-3-12-11(6-9)13-15(19-12)14-10(8-18-20-14)7-17(13)4-1-5-17;1-5(2)9(7,8)4-3-6/h4-5,10,12-13,25H,3,6-9,11H2,1-2H3,(H,23,27)(H,24,26);2-3,6,8,19H,1,4-5,7H2,(H,18,20)(H,21,22);5H,3-4,6H2,1-2H3. The third-order valence-corrected chi connectivity index (χ3v) is 17.7. The molecule has 2 fully saturated rings. The fraction of sp³-hybridized carbons (Fsp3) is 0.455. The van der Waals surface area contributed by atoms with Crippen LogP contribution in [0.2, 0.25) is 0 Å². The number of hydrogen-bond donors (Lipinski definition) is 7. The van der Waals surface area contributed by atoms with Crippen LogP contribution in [0.5, 0.6) is 0 Å². The van der Waals surface area contributed by atoms with E-state index in [1.54, 1.807) is 39.8 Å². The number of carbonyl (C=O) groups is 2. The fourth-order valence-electron chi connectivity index (χ4n) is 9.47. The summed E-state index contributed by atoms with van der Waals surface area (Å²) in [5, 5.41) is 28.1. The molecule has 8 N–H and O–H groups in total. The van der Waals surface area contributed by atoms with Crippen molar-refractivity contribution in [3.63, 3.8) is 0 Å². The van der Waals surface area contributed by atoms with Crippen molar-refractivity contribution in [3.05, 3.63) is 82.2 Å². The molecule has 4 aromatic heterocycles. The van der Waals surface area contributed by atoms with Gasteiger partial charge in [0.05, 0.1) is 62.7 Å². The Kier molecular flexibility index (Phi) is 11.1. The Labute approximate surface area is 354 Å². The molecule has 61 heavy (non-hydrogen) atoms. The first-order chi connectivity index (χ1) is 29.0. The Bertz CT molecular complexity index is 2870. The van der Waals surface area contributed by atoms with Crippen LogP contribution in [0.1, 0.15) is 109 Å². The molecule has 6 aromatic rings. The number of aromatic amines is 4. The number of fused-ring (bicyclic) bond motifs is 12. The van der Waals surface area contributed by atoms with Crippen molar-refractivity contribution in [1.82, 2.24) is 35.7 Å². The number of H-pyrrole nitrogens is 4. The second-order valence-corrected chi connectivity index (χ2v) is 23.0. The van der Waals surface area contributed by atoms with Gasteiger partial charge in [0.1, 0.15) is 0 Å². The van der Waals surface area contributed by atoms with Crippen molar-refractivity contribution < 1.29 is 31.5 Å². The van der Waals surface area contributed by atoms with Gasteiger partial charge in [-0.15, -0.1) is 0 Å². The average Bonchev–Trinajstić information content (AvgIpc) is 4.00. The summed E-state index contributed by atoms with van der Waals surface area (Å²) in [6, 6.07) is 11.0. The van der Waals surface area contributed by atoms with Gasteiger partial charge in [0, 0.05) is 62.4 Å². The topological polar surface area (TPSA) is 250 Å². The summed E-state index contributed by atoms with van der Waals surface area (Å²) in [5.74, 6) is -1.07. The molecule has 4 aliphatic rings. The van der Waals surface area contributed by atoms with Crippen LogP contribution < -0.4 is 11.1 Å². The Morgan fingerprint density at radius 3 is 1.59 bits per heavy atom. The van der Waals surface area contributed by atoms with Crippen molar-refractivity contribution in [3.8, 4) is 22.8 Å². The highest BCUT2D eigenvalue weighted by molar-refractivity contribution is 7.92. The molecule has 17 heteroatoms.